The predicted octanol–water partition coefficient (Wildman–Crippen LogP) is 0.905. The number of carbonyl (C=O) groups excluding carboxylic acids is 1. The number of carbonyl (C=O) groups is 1. The summed E-state index contributed by atoms with van der Waals surface area (Å²) in [5, 5.41) is 4.40. The molecule has 1 aromatic heterocycles. The van der Waals surface area contributed by atoms with Crippen LogP contribution < -0.4 is 20.9 Å². The maximum Gasteiger partial charge on any atom is 0.333 e. The van der Waals surface area contributed by atoms with Gasteiger partial charge in [-0.25, -0.2) is 4.68 Å². The van der Waals surface area contributed by atoms with Crippen LogP contribution in [-0.4, -0.2) is 57.9 Å². The van der Waals surface area contributed by atoms with Gasteiger partial charge < -0.3 is 14.7 Å². The van der Waals surface area contributed by atoms with Crippen molar-refractivity contribution in [3.63, 3.8) is 0 Å². The Bertz CT molecular complexity index is 1230. The van der Waals surface area contributed by atoms with E-state index in [0.717, 1.165) is 16.1 Å². The van der Waals surface area contributed by atoms with Gasteiger partial charge >= 0.3 is 11.1 Å². The highest BCUT2D eigenvalue weighted by molar-refractivity contribution is 5.76. The summed E-state index contributed by atoms with van der Waals surface area (Å²) >= 11 is 0. The fourth-order valence-corrected chi connectivity index (χ4v) is 4.27. The van der Waals surface area contributed by atoms with Crippen LogP contribution in [0.25, 0.3) is 0 Å². The molecule has 164 valence electrons. The van der Waals surface area contributed by atoms with E-state index < -0.39 is 11.1 Å². The van der Waals surface area contributed by atoms with Crippen molar-refractivity contribution in [2.45, 2.75) is 13.1 Å². The Hall–Kier alpha value is -3.88. The number of amides is 1. The minimum Gasteiger partial charge on any atom is -0.368 e. The summed E-state index contributed by atoms with van der Waals surface area (Å²) in [5.74, 6) is 0.184. The maximum atomic E-state index is 12.9. The van der Waals surface area contributed by atoms with Gasteiger partial charge in [0.05, 0.1) is 0 Å². The molecule has 2 aliphatic heterocycles. The molecule has 3 heterocycles. The third-order valence-corrected chi connectivity index (χ3v) is 6.01. The Morgan fingerprint density at radius 2 is 1.38 bits per heavy atom. The van der Waals surface area contributed by atoms with E-state index in [2.05, 4.69) is 22.1 Å². The number of hydrogen-bond donors (Lipinski definition) is 0. The first-order valence-corrected chi connectivity index (χ1v) is 10.7. The van der Waals surface area contributed by atoms with Gasteiger partial charge in [-0.05, 0) is 24.3 Å². The summed E-state index contributed by atoms with van der Waals surface area (Å²) in [6, 6.07) is 19.7. The summed E-state index contributed by atoms with van der Waals surface area (Å²) in [4.78, 5) is 44.0. The number of hydrogen-bond acceptors (Lipinski definition) is 6. The SMILES string of the molecule is O=C(Cn1nc2n(c(=O)c1=O)CCN2c1ccccc1)N1CCN(c2ccccc2)CC1. The largest absolute Gasteiger partial charge is 0.368 e. The van der Waals surface area contributed by atoms with Gasteiger partial charge in [-0.2, -0.15) is 0 Å². The van der Waals surface area contributed by atoms with E-state index in [9.17, 15) is 14.4 Å². The second kappa shape index (κ2) is 8.33. The zero-order valence-electron chi connectivity index (χ0n) is 17.6. The second-order valence-corrected chi connectivity index (χ2v) is 7.91. The third kappa shape index (κ3) is 3.66. The minimum atomic E-state index is -0.764. The molecule has 0 N–H and O–H groups in total. The lowest BCUT2D eigenvalue weighted by Gasteiger charge is -2.36. The van der Waals surface area contributed by atoms with Crippen LogP contribution in [0, 0.1) is 0 Å². The van der Waals surface area contributed by atoms with E-state index in [1.165, 1.54) is 4.57 Å². The smallest absolute Gasteiger partial charge is 0.333 e. The van der Waals surface area contributed by atoms with Crippen molar-refractivity contribution in [1.82, 2.24) is 19.2 Å². The van der Waals surface area contributed by atoms with Gasteiger partial charge in [0.1, 0.15) is 6.54 Å². The van der Waals surface area contributed by atoms with Gasteiger partial charge in [0, 0.05) is 50.6 Å². The minimum absolute atomic E-state index is 0.207. The Morgan fingerprint density at radius 3 is 2.03 bits per heavy atom. The number of anilines is 3. The van der Waals surface area contributed by atoms with Gasteiger partial charge in [0.15, 0.2) is 0 Å². The normalized spacial score (nSPS) is 15.7. The second-order valence-electron chi connectivity index (χ2n) is 7.91. The molecular weight excluding hydrogens is 408 g/mol. The molecule has 2 aliphatic rings. The summed E-state index contributed by atoms with van der Waals surface area (Å²) in [6.07, 6.45) is 0. The van der Waals surface area contributed by atoms with E-state index in [1.54, 1.807) is 4.90 Å². The summed E-state index contributed by atoms with van der Waals surface area (Å²) in [6.45, 7) is 3.24. The molecule has 0 bridgehead atoms. The predicted molar refractivity (Wildman–Crippen MR) is 121 cm³/mol. The van der Waals surface area contributed by atoms with Crippen molar-refractivity contribution < 1.29 is 4.79 Å². The van der Waals surface area contributed by atoms with Gasteiger partial charge in [-0.15, -0.1) is 5.10 Å². The van der Waals surface area contributed by atoms with E-state index in [0.29, 0.717) is 45.2 Å². The molecule has 1 fully saturated rings. The number of aromatic nitrogens is 3. The number of rotatable bonds is 4. The van der Waals surface area contributed by atoms with E-state index >= 15 is 0 Å². The van der Waals surface area contributed by atoms with Crippen LogP contribution in [0.2, 0.25) is 0 Å². The number of fused-ring (bicyclic) bond motifs is 1. The Labute approximate surface area is 184 Å². The highest BCUT2D eigenvalue weighted by Crippen LogP contribution is 2.25. The molecule has 32 heavy (non-hydrogen) atoms. The Kier molecular flexibility index (Phi) is 5.22. The fraction of sp³-hybridized carbons (Fsp3) is 0.304. The van der Waals surface area contributed by atoms with Crippen molar-refractivity contribution in [2.24, 2.45) is 0 Å². The molecule has 0 saturated carbocycles. The molecule has 0 radical (unpaired) electrons. The van der Waals surface area contributed by atoms with Crippen LogP contribution in [0.5, 0.6) is 0 Å². The van der Waals surface area contributed by atoms with Crippen molar-refractivity contribution >= 4 is 23.2 Å². The molecule has 1 amide bonds. The first-order chi connectivity index (χ1) is 15.6. The highest BCUT2D eigenvalue weighted by atomic mass is 16.2. The number of para-hydroxylation sites is 2. The number of nitrogens with zero attached hydrogens (tertiary/aromatic N) is 6. The fourth-order valence-electron chi connectivity index (χ4n) is 4.27. The summed E-state index contributed by atoms with van der Waals surface area (Å²) in [7, 11) is 0. The average molecular weight is 432 g/mol. The van der Waals surface area contributed by atoms with Crippen LogP contribution in [-0.2, 0) is 17.9 Å². The first kappa shape index (κ1) is 20.0. The van der Waals surface area contributed by atoms with E-state index in [-0.39, 0.29) is 12.5 Å². The molecule has 2 aromatic carbocycles. The lowest BCUT2D eigenvalue weighted by atomic mass is 10.2. The van der Waals surface area contributed by atoms with Crippen molar-refractivity contribution in [3.8, 4) is 0 Å². The zero-order chi connectivity index (χ0) is 22.1. The quantitative estimate of drug-likeness (QED) is 0.570. The van der Waals surface area contributed by atoms with Gasteiger partial charge in [-0.1, -0.05) is 36.4 Å². The Balaban J connectivity index is 1.33. The first-order valence-electron chi connectivity index (χ1n) is 10.7. The van der Waals surface area contributed by atoms with Gasteiger partial charge in [0.25, 0.3) is 0 Å². The Morgan fingerprint density at radius 1 is 0.750 bits per heavy atom. The van der Waals surface area contributed by atoms with Crippen LogP contribution in [0.1, 0.15) is 0 Å². The van der Waals surface area contributed by atoms with E-state index in [4.69, 9.17) is 0 Å². The van der Waals surface area contributed by atoms with Crippen LogP contribution in [0.3, 0.4) is 0 Å². The summed E-state index contributed by atoms with van der Waals surface area (Å²) < 4.78 is 2.40. The molecule has 9 nitrogen and oxygen atoms in total. The summed E-state index contributed by atoms with van der Waals surface area (Å²) in [5.41, 5.74) is 0.611. The molecular formula is C23H24N6O3. The highest BCUT2D eigenvalue weighted by Gasteiger charge is 2.27. The maximum absolute atomic E-state index is 12.9. The topological polar surface area (TPSA) is 83.7 Å². The van der Waals surface area contributed by atoms with Crippen molar-refractivity contribution in [2.75, 3.05) is 42.5 Å². The molecule has 0 atom stereocenters. The van der Waals surface area contributed by atoms with Crippen molar-refractivity contribution in [1.29, 1.82) is 0 Å². The average Bonchev–Trinajstić information content (AvgIpc) is 3.27. The lowest BCUT2D eigenvalue weighted by Crippen LogP contribution is -2.51. The molecule has 0 spiro atoms. The number of piperazine rings is 1. The standard InChI is InChI=1S/C23H24N6O3/c30-20(26-13-11-25(12-14-26)18-7-3-1-4-8-18)17-29-22(32)21(31)28-16-15-27(23(28)24-29)19-9-5-2-6-10-19/h1-10H,11-17H2. The molecule has 5 rings (SSSR count). The molecule has 0 aliphatic carbocycles. The lowest BCUT2D eigenvalue weighted by molar-refractivity contribution is -0.132. The molecule has 1 saturated heterocycles. The monoisotopic (exact) mass is 432 g/mol. The third-order valence-electron chi connectivity index (χ3n) is 6.01. The van der Waals surface area contributed by atoms with E-state index in [1.807, 2.05) is 53.4 Å². The van der Waals surface area contributed by atoms with Gasteiger partial charge in [-0.3, -0.25) is 19.0 Å². The molecule has 0 unspecified atom stereocenters. The zero-order valence-corrected chi connectivity index (χ0v) is 17.6. The van der Waals surface area contributed by atoms with Crippen LogP contribution in [0.15, 0.2) is 70.3 Å². The number of benzene rings is 2. The van der Waals surface area contributed by atoms with Crippen molar-refractivity contribution in [3.05, 3.63) is 81.4 Å². The van der Waals surface area contributed by atoms with Crippen LogP contribution in [0.4, 0.5) is 17.3 Å². The van der Waals surface area contributed by atoms with Crippen LogP contribution >= 0.6 is 0 Å². The van der Waals surface area contributed by atoms with Gasteiger partial charge in [0.2, 0.25) is 11.9 Å². The molecule has 9 heteroatoms. The molecule has 3 aromatic rings.